The smallest absolute Gasteiger partial charge is 0.319 e. The molecular weight excluding hydrogens is 263 g/mol. The summed E-state index contributed by atoms with van der Waals surface area (Å²) in [5, 5.41) is 13.8. The first-order valence-corrected chi connectivity index (χ1v) is 6.44. The van der Waals surface area contributed by atoms with Crippen LogP contribution in [-0.2, 0) is 4.79 Å². The van der Waals surface area contributed by atoms with E-state index in [0.717, 1.165) is 0 Å². The molecule has 1 aromatic carbocycles. The summed E-state index contributed by atoms with van der Waals surface area (Å²) in [5.74, 6) is -1.43. The third kappa shape index (κ3) is 5.69. The number of anilines is 1. The van der Waals surface area contributed by atoms with E-state index in [0.29, 0.717) is 17.7 Å². The van der Waals surface area contributed by atoms with Gasteiger partial charge in [-0.25, -0.2) is 9.18 Å². The SMILES string of the molecule is CCC(CNC(=O)Nc1cc(C)cc(F)c1)CC(=O)O. The van der Waals surface area contributed by atoms with Gasteiger partial charge in [-0.3, -0.25) is 4.79 Å². The van der Waals surface area contributed by atoms with Gasteiger partial charge in [-0.1, -0.05) is 13.3 Å². The zero-order valence-corrected chi connectivity index (χ0v) is 11.6. The molecule has 0 spiro atoms. The largest absolute Gasteiger partial charge is 0.481 e. The molecule has 0 heterocycles. The fraction of sp³-hybridized carbons (Fsp3) is 0.429. The van der Waals surface area contributed by atoms with Crippen LogP contribution in [0.1, 0.15) is 25.3 Å². The molecule has 0 aliphatic rings. The molecule has 1 atom stereocenters. The van der Waals surface area contributed by atoms with E-state index >= 15 is 0 Å². The van der Waals surface area contributed by atoms with Crippen LogP contribution in [0, 0.1) is 18.7 Å². The highest BCUT2D eigenvalue weighted by Crippen LogP contribution is 2.13. The molecule has 0 radical (unpaired) electrons. The number of carbonyl (C=O) groups excluding carboxylic acids is 1. The molecule has 5 nitrogen and oxygen atoms in total. The standard InChI is InChI=1S/C14H19FN2O3/c1-3-10(6-13(18)19)8-16-14(20)17-12-5-9(2)4-11(15)7-12/h4-5,7,10H,3,6,8H2,1-2H3,(H,18,19)(H2,16,17,20). The van der Waals surface area contributed by atoms with Crippen molar-refractivity contribution in [1.29, 1.82) is 0 Å². The summed E-state index contributed by atoms with van der Waals surface area (Å²) in [4.78, 5) is 22.3. The third-order valence-corrected chi connectivity index (χ3v) is 2.89. The topological polar surface area (TPSA) is 78.4 Å². The average molecular weight is 282 g/mol. The molecule has 1 rings (SSSR count). The van der Waals surface area contributed by atoms with Gasteiger partial charge in [0.05, 0.1) is 0 Å². The van der Waals surface area contributed by atoms with Crippen LogP contribution in [0.3, 0.4) is 0 Å². The Bertz CT molecular complexity index is 471. The van der Waals surface area contributed by atoms with Gasteiger partial charge in [0.2, 0.25) is 0 Å². The number of aryl methyl sites for hydroxylation is 1. The molecule has 20 heavy (non-hydrogen) atoms. The summed E-state index contributed by atoms with van der Waals surface area (Å²) in [7, 11) is 0. The molecule has 0 bridgehead atoms. The molecular formula is C14H19FN2O3. The second-order valence-corrected chi connectivity index (χ2v) is 4.72. The van der Waals surface area contributed by atoms with Crippen molar-refractivity contribution in [3.8, 4) is 0 Å². The Kier molecular flexibility index (Phi) is 5.96. The molecule has 110 valence electrons. The van der Waals surface area contributed by atoms with Crippen LogP contribution < -0.4 is 10.6 Å². The number of benzene rings is 1. The summed E-state index contributed by atoms with van der Waals surface area (Å²) in [5.41, 5.74) is 1.07. The Morgan fingerprint density at radius 3 is 2.60 bits per heavy atom. The summed E-state index contributed by atoms with van der Waals surface area (Å²) in [6.07, 6.45) is 0.668. The normalized spacial score (nSPS) is 11.8. The van der Waals surface area contributed by atoms with E-state index in [1.54, 1.807) is 13.0 Å². The summed E-state index contributed by atoms with van der Waals surface area (Å²) < 4.78 is 13.2. The van der Waals surface area contributed by atoms with Crippen molar-refractivity contribution in [3.05, 3.63) is 29.6 Å². The Labute approximate surface area is 117 Å². The highest BCUT2D eigenvalue weighted by molar-refractivity contribution is 5.89. The predicted molar refractivity (Wildman–Crippen MR) is 74.2 cm³/mol. The molecule has 1 aromatic rings. The minimum atomic E-state index is -0.889. The molecule has 0 aliphatic heterocycles. The van der Waals surface area contributed by atoms with Gasteiger partial charge in [0, 0.05) is 18.7 Å². The van der Waals surface area contributed by atoms with E-state index in [-0.39, 0.29) is 18.9 Å². The van der Waals surface area contributed by atoms with Crippen LogP contribution in [0.4, 0.5) is 14.9 Å². The third-order valence-electron chi connectivity index (χ3n) is 2.89. The van der Waals surface area contributed by atoms with E-state index in [9.17, 15) is 14.0 Å². The quantitative estimate of drug-likeness (QED) is 0.750. The first-order chi connectivity index (χ1) is 9.40. The number of carbonyl (C=O) groups is 2. The molecule has 6 heteroatoms. The van der Waals surface area contributed by atoms with Crippen molar-refractivity contribution in [2.24, 2.45) is 5.92 Å². The number of urea groups is 1. The lowest BCUT2D eigenvalue weighted by Gasteiger charge is -2.14. The van der Waals surface area contributed by atoms with Crippen molar-refractivity contribution in [1.82, 2.24) is 5.32 Å². The van der Waals surface area contributed by atoms with E-state index in [4.69, 9.17) is 5.11 Å². The number of nitrogens with one attached hydrogen (secondary N) is 2. The highest BCUT2D eigenvalue weighted by atomic mass is 19.1. The Balaban J connectivity index is 2.48. The van der Waals surface area contributed by atoms with Crippen molar-refractivity contribution in [2.45, 2.75) is 26.7 Å². The van der Waals surface area contributed by atoms with Crippen molar-refractivity contribution < 1.29 is 19.1 Å². The van der Waals surface area contributed by atoms with Crippen LogP contribution >= 0.6 is 0 Å². The van der Waals surface area contributed by atoms with Crippen LogP contribution in [0.25, 0.3) is 0 Å². The van der Waals surface area contributed by atoms with Crippen molar-refractivity contribution >= 4 is 17.7 Å². The van der Waals surface area contributed by atoms with Crippen LogP contribution in [-0.4, -0.2) is 23.7 Å². The predicted octanol–water partition coefficient (Wildman–Crippen LogP) is 2.76. The first-order valence-electron chi connectivity index (χ1n) is 6.44. The number of halogens is 1. The fourth-order valence-corrected chi connectivity index (χ4v) is 1.83. The first kappa shape index (κ1) is 15.9. The second-order valence-electron chi connectivity index (χ2n) is 4.72. The summed E-state index contributed by atoms with van der Waals surface area (Å²) in [6.45, 7) is 3.86. The summed E-state index contributed by atoms with van der Waals surface area (Å²) in [6, 6.07) is 3.76. The zero-order chi connectivity index (χ0) is 15.1. The monoisotopic (exact) mass is 282 g/mol. The van der Waals surface area contributed by atoms with Gasteiger partial charge < -0.3 is 15.7 Å². The minimum absolute atomic E-state index is 0.00978. The summed E-state index contributed by atoms with van der Waals surface area (Å²) >= 11 is 0. The molecule has 2 amide bonds. The Hall–Kier alpha value is -2.11. The minimum Gasteiger partial charge on any atom is -0.481 e. The Morgan fingerprint density at radius 2 is 2.05 bits per heavy atom. The fourth-order valence-electron chi connectivity index (χ4n) is 1.83. The van der Waals surface area contributed by atoms with Crippen molar-refractivity contribution in [2.75, 3.05) is 11.9 Å². The molecule has 0 aliphatic carbocycles. The number of carboxylic acid groups (broad SMARTS) is 1. The van der Waals surface area contributed by atoms with Gasteiger partial charge in [-0.15, -0.1) is 0 Å². The number of rotatable bonds is 6. The second kappa shape index (κ2) is 7.47. The lowest BCUT2D eigenvalue weighted by molar-refractivity contribution is -0.138. The lowest BCUT2D eigenvalue weighted by Crippen LogP contribution is -2.33. The van der Waals surface area contributed by atoms with E-state index in [2.05, 4.69) is 10.6 Å². The van der Waals surface area contributed by atoms with E-state index in [1.807, 2.05) is 6.92 Å². The molecule has 0 saturated carbocycles. The van der Waals surface area contributed by atoms with Crippen LogP contribution in [0.5, 0.6) is 0 Å². The van der Waals surface area contributed by atoms with Crippen LogP contribution in [0.2, 0.25) is 0 Å². The number of aliphatic carboxylic acids is 1. The molecule has 0 saturated heterocycles. The maximum absolute atomic E-state index is 13.2. The van der Waals surface area contributed by atoms with Gasteiger partial charge in [0.15, 0.2) is 0 Å². The van der Waals surface area contributed by atoms with Gasteiger partial charge in [0.1, 0.15) is 5.82 Å². The number of hydrogen-bond donors (Lipinski definition) is 3. The maximum atomic E-state index is 13.2. The van der Waals surface area contributed by atoms with Gasteiger partial charge in [-0.05, 0) is 36.6 Å². The Morgan fingerprint density at radius 1 is 1.35 bits per heavy atom. The van der Waals surface area contributed by atoms with Crippen LogP contribution in [0.15, 0.2) is 18.2 Å². The average Bonchev–Trinajstić information content (AvgIpc) is 2.32. The molecule has 3 N–H and O–H groups in total. The molecule has 0 fully saturated rings. The van der Waals surface area contributed by atoms with E-state index < -0.39 is 17.8 Å². The number of hydrogen-bond acceptors (Lipinski definition) is 2. The molecule has 0 aromatic heterocycles. The van der Waals surface area contributed by atoms with Gasteiger partial charge >= 0.3 is 12.0 Å². The maximum Gasteiger partial charge on any atom is 0.319 e. The van der Waals surface area contributed by atoms with Crippen molar-refractivity contribution in [3.63, 3.8) is 0 Å². The zero-order valence-electron chi connectivity index (χ0n) is 11.6. The molecule has 1 unspecified atom stereocenters. The number of carboxylic acids is 1. The highest BCUT2D eigenvalue weighted by Gasteiger charge is 2.12. The lowest BCUT2D eigenvalue weighted by atomic mass is 10.0. The number of amides is 2. The van der Waals surface area contributed by atoms with Gasteiger partial charge in [0.25, 0.3) is 0 Å². The van der Waals surface area contributed by atoms with Gasteiger partial charge in [-0.2, -0.15) is 0 Å². The van der Waals surface area contributed by atoms with E-state index in [1.165, 1.54) is 12.1 Å².